The van der Waals surface area contributed by atoms with E-state index in [2.05, 4.69) is 0 Å². The molecule has 1 rings (SSSR count). The van der Waals surface area contributed by atoms with Crippen LogP contribution in [0.25, 0.3) is 0 Å². The highest BCUT2D eigenvalue weighted by Gasteiger charge is 2.29. The average Bonchev–Trinajstić information content (AvgIpc) is 2.18. The summed E-state index contributed by atoms with van der Waals surface area (Å²) in [6.07, 6.45) is -1.03. The molecule has 0 radical (unpaired) electrons. The first-order valence-corrected chi connectivity index (χ1v) is 4.27. The largest absolute Gasteiger partial charge is 0.394 e. The summed E-state index contributed by atoms with van der Waals surface area (Å²) in [7, 11) is 0. The summed E-state index contributed by atoms with van der Waals surface area (Å²) in [5.74, 6) is 0. The Balaban J connectivity index is 2.54. The van der Waals surface area contributed by atoms with Crippen molar-refractivity contribution in [1.82, 2.24) is 0 Å². The van der Waals surface area contributed by atoms with Crippen LogP contribution in [-0.2, 0) is 4.74 Å². The summed E-state index contributed by atoms with van der Waals surface area (Å²) in [4.78, 5) is 0. The fourth-order valence-electron chi connectivity index (χ4n) is 1.38. The van der Waals surface area contributed by atoms with Gasteiger partial charge in [-0.15, -0.1) is 0 Å². The minimum Gasteiger partial charge on any atom is -0.394 e. The summed E-state index contributed by atoms with van der Waals surface area (Å²) in [5, 5.41) is 27.6. The van der Waals surface area contributed by atoms with Gasteiger partial charge < -0.3 is 20.1 Å². The molecule has 0 spiro atoms. The maximum atomic E-state index is 9.39. The molecule has 0 bridgehead atoms. The van der Waals surface area contributed by atoms with Crippen LogP contribution in [0.2, 0.25) is 0 Å². The van der Waals surface area contributed by atoms with Gasteiger partial charge in [-0.1, -0.05) is 0 Å². The molecule has 3 N–H and O–H groups in total. The summed E-state index contributed by atoms with van der Waals surface area (Å²) < 4.78 is 5.23. The van der Waals surface area contributed by atoms with Crippen molar-refractivity contribution in [3.8, 4) is 0 Å². The second-order valence-electron chi connectivity index (χ2n) is 3.27. The number of hydrogen-bond acceptors (Lipinski definition) is 4. The lowest BCUT2D eigenvalue weighted by Gasteiger charge is -2.21. The quantitative estimate of drug-likeness (QED) is 0.492. The number of aliphatic hydroxyl groups is 3. The molecule has 0 saturated carbocycles. The highest BCUT2D eigenvalue weighted by molar-refractivity contribution is 4.78. The zero-order valence-electron chi connectivity index (χ0n) is 7.18. The summed E-state index contributed by atoms with van der Waals surface area (Å²) >= 11 is 0. The third-order valence-corrected chi connectivity index (χ3v) is 2.30. The third-order valence-electron chi connectivity index (χ3n) is 2.30. The van der Waals surface area contributed by atoms with E-state index in [1.807, 2.05) is 0 Å². The Labute approximate surface area is 71.8 Å². The Morgan fingerprint density at radius 3 is 2.42 bits per heavy atom. The lowest BCUT2D eigenvalue weighted by atomic mass is 10.1. The standard InChI is InChI=1S/C8H16O4/c1-5-6(10)2-3-7(11)8(4-9)12-5/h5-11H,2-4H2,1H3/t5-,6+,7+,8-/m0/s1. The first-order chi connectivity index (χ1) is 5.65. The molecule has 4 heteroatoms. The Bertz CT molecular complexity index is 139. The van der Waals surface area contributed by atoms with Crippen LogP contribution >= 0.6 is 0 Å². The first kappa shape index (κ1) is 9.92. The van der Waals surface area contributed by atoms with Gasteiger partial charge in [0.25, 0.3) is 0 Å². The smallest absolute Gasteiger partial charge is 0.107 e. The molecule has 0 unspecified atom stereocenters. The molecule has 4 atom stereocenters. The molecule has 72 valence electrons. The molecule has 0 amide bonds. The molecule has 1 fully saturated rings. The van der Waals surface area contributed by atoms with E-state index in [4.69, 9.17) is 9.84 Å². The summed E-state index contributed by atoms with van der Waals surface area (Å²) in [5.41, 5.74) is 0. The number of aliphatic hydroxyl groups excluding tert-OH is 3. The second kappa shape index (κ2) is 4.18. The van der Waals surface area contributed by atoms with Crippen molar-refractivity contribution < 1.29 is 20.1 Å². The molecule has 1 heterocycles. The molecular formula is C8H16O4. The van der Waals surface area contributed by atoms with E-state index in [9.17, 15) is 10.2 Å². The van der Waals surface area contributed by atoms with Crippen molar-refractivity contribution in [2.75, 3.05) is 6.61 Å². The van der Waals surface area contributed by atoms with Crippen molar-refractivity contribution in [2.24, 2.45) is 0 Å². The first-order valence-electron chi connectivity index (χ1n) is 4.27. The van der Waals surface area contributed by atoms with Gasteiger partial charge in [-0.3, -0.25) is 0 Å². The minimum atomic E-state index is -0.658. The Hall–Kier alpha value is -0.160. The molecular weight excluding hydrogens is 160 g/mol. The number of ether oxygens (including phenoxy) is 1. The lowest BCUT2D eigenvalue weighted by Crippen LogP contribution is -2.34. The normalized spacial score (nSPS) is 44.0. The van der Waals surface area contributed by atoms with Gasteiger partial charge in [-0.2, -0.15) is 0 Å². The summed E-state index contributed by atoms with van der Waals surface area (Å²) in [6.45, 7) is 1.55. The molecule has 0 aromatic rings. The van der Waals surface area contributed by atoms with Crippen molar-refractivity contribution in [3.05, 3.63) is 0 Å². The highest BCUT2D eigenvalue weighted by atomic mass is 16.5. The monoisotopic (exact) mass is 176 g/mol. The number of hydrogen-bond donors (Lipinski definition) is 3. The topological polar surface area (TPSA) is 69.9 Å². The van der Waals surface area contributed by atoms with Gasteiger partial charge in [0.05, 0.1) is 24.9 Å². The second-order valence-corrected chi connectivity index (χ2v) is 3.27. The van der Waals surface area contributed by atoms with Crippen LogP contribution < -0.4 is 0 Å². The predicted molar refractivity (Wildman–Crippen MR) is 42.7 cm³/mol. The van der Waals surface area contributed by atoms with Gasteiger partial charge in [0.15, 0.2) is 0 Å². The van der Waals surface area contributed by atoms with E-state index in [1.165, 1.54) is 0 Å². The van der Waals surface area contributed by atoms with Gasteiger partial charge in [0.1, 0.15) is 6.10 Å². The highest BCUT2D eigenvalue weighted by Crippen LogP contribution is 2.18. The SMILES string of the molecule is C[C@@H]1O[C@@H](CO)[C@H](O)CC[C@H]1O. The fourth-order valence-corrected chi connectivity index (χ4v) is 1.38. The third kappa shape index (κ3) is 2.17. The van der Waals surface area contributed by atoms with Crippen molar-refractivity contribution in [1.29, 1.82) is 0 Å². The van der Waals surface area contributed by atoms with Gasteiger partial charge in [0.2, 0.25) is 0 Å². The molecule has 4 nitrogen and oxygen atoms in total. The van der Waals surface area contributed by atoms with E-state index in [-0.39, 0.29) is 12.7 Å². The van der Waals surface area contributed by atoms with Gasteiger partial charge in [-0.05, 0) is 19.8 Å². The zero-order chi connectivity index (χ0) is 9.14. The fraction of sp³-hybridized carbons (Fsp3) is 1.00. The van der Waals surface area contributed by atoms with Crippen molar-refractivity contribution in [3.63, 3.8) is 0 Å². The molecule has 0 aromatic heterocycles. The van der Waals surface area contributed by atoms with Crippen LogP contribution in [0, 0.1) is 0 Å². The molecule has 1 aliphatic rings. The van der Waals surface area contributed by atoms with E-state index in [1.54, 1.807) is 6.92 Å². The van der Waals surface area contributed by atoms with Crippen LogP contribution in [0.5, 0.6) is 0 Å². The van der Waals surface area contributed by atoms with E-state index in [0.29, 0.717) is 12.8 Å². The average molecular weight is 176 g/mol. The Morgan fingerprint density at radius 1 is 1.25 bits per heavy atom. The van der Waals surface area contributed by atoms with E-state index >= 15 is 0 Å². The van der Waals surface area contributed by atoms with Crippen LogP contribution in [0.1, 0.15) is 19.8 Å². The van der Waals surface area contributed by atoms with Crippen LogP contribution in [0.4, 0.5) is 0 Å². The molecule has 1 saturated heterocycles. The van der Waals surface area contributed by atoms with Crippen molar-refractivity contribution >= 4 is 0 Å². The van der Waals surface area contributed by atoms with Crippen LogP contribution in [0.3, 0.4) is 0 Å². The lowest BCUT2D eigenvalue weighted by molar-refractivity contribution is -0.103. The number of rotatable bonds is 1. The maximum Gasteiger partial charge on any atom is 0.107 e. The summed E-state index contributed by atoms with van der Waals surface area (Å²) in [6, 6.07) is 0. The molecule has 1 aliphatic heterocycles. The molecule has 12 heavy (non-hydrogen) atoms. The van der Waals surface area contributed by atoms with Gasteiger partial charge >= 0.3 is 0 Å². The van der Waals surface area contributed by atoms with E-state index < -0.39 is 18.3 Å². The van der Waals surface area contributed by atoms with Gasteiger partial charge in [0, 0.05) is 0 Å². The molecule has 0 aromatic carbocycles. The van der Waals surface area contributed by atoms with Crippen molar-refractivity contribution in [2.45, 2.75) is 44.2 Å². The van der Waals surface area contributed by atoms with Gasteiger partial charge in [-0.25, -0.2) is 0 Å². The van der Waals surface area contributed by atoms with E-state index in [0.717, 1.165) is 0 Å². The maximum absolute atomic E-state index is 9.39. The predicted octanol–water partition coefficient (Wildman–Crippen LogP) is -0.732. The Morgan fingerprint density at radius 2 is 1.83 bits per heavy atom. The molecule has 0 aliphatic carbocycles. The minimum absolute atomic E-state index is 0.196. The van der Waals surface area contributed by atoms with Crippen LogP contribution in [-0.4, -0.2) is 46.3 Å². The Kier molecular flexibility index (Phi) is 3.46. The zero-order valence-corrected chi connectivity index (χ0v) is 7.18. The van der Waals surface area contributed by atoms with Crippen LogP contribution in [0.15, 0.2) is 0 Å².